The van der Waals surface area contributed by atoms with Gasteiger partial charge in [0.25, 0.3) is 0 Å². The first-order valence-corrected chi connectivity index (χ1v) is 10.9. The molecule has 3 aliphatic rings. The van der Waals surface area contributed by atoms with Crippen molar-refractivity contribution in [2.75, 3.05) is 20.7 Å². The van der Waals surface area contributed by atoms with Gasteiger partial charge in [0, 0.05) is 44.8 Å². The Hall–Kier alpha value is -1.59. The highest BCUT2D eigenvalue weighted by Gasteiger charge is 2.41. The highest BCUT2D eigenvalue weighted by atomic mass is 16.5. The highest BCUT2D eigenvalue weighted by molar-refractivity contribution is 5.79. The molecule has 2 fully saturated rings. The largest absolute Gasteiger partial charge is 0.486 e. The molecule has 1 aliphatic heterocycles. The number of nitrogens with one attached hydrogen (secondary N) is 1. The van der Waals surface area contributed by atoms with Gasteiger partial charge in [-0.25, -0.2) is 0 Å². The average molecular weight is 387 g/mol. The number of nitrogens with zero attached hydrogens (tertiary/aromatic N) is 1. The Bertz CT molecular complexity index is 676. The molecule has 1 heterocycles. The Balaban J connectivity index is 1.34. The van der Waals surface area contributed by atoms with E-state index in [0.717, 1.165) is 70.2 Å². The van der Waals surface area contributed by atoms with Crippen LogP contribution in [0.5, 0.6) is 5.75 Å². The van der Waals surface area contributed by atoms with Gasteiger partial charge in [0.1, 0.15) is 11.4 Å². The van der Waals surface area contributed by atoms with Gasteiger partial charge in [-0.15, -0.1) is 0 Å². The van der Waals surface area contributed by atoms with Gasteiger partial charge in [-0.3, -0.25) is 4.79 Å². The molecule has 2 aliphatic carbocycles. The summed E-state index contributed by atoms with van der Waals surface area (Å²) in [5.41, 5.74) is 1.10. The summed E-state index contributed by atoms with van der Waals surface area (Å²) in [5.74, 6) is 1.53. The predicted octanol–water partition coefficient (Wildman–Crippen LogP) is 3.51. The monoisotopic (exact) mass is 386 g/mol. The third-order valence-corrected chi connectivity index (χ3v) is 7.18. The van der Waals surface area contributed by atoms with E-state index >= 15 is 0 Å². The molecule has 0 saturated heterocycles. The minimum absolute atomic E-state index is 0.135. The quantitative estimate of drug-likeness (QED) is 0.864. The molecule has 1 aromatic rings. The molecular weight excluding hydrogens is 352 g/mol. The Morgan fingerprint density at radius 3 is 2.57 bits per heavy atom. The summed E-state index contributed by atoms with van der Waals surface area (Å²) in [6, 6.07) is 8.67. The van der Waals surface area contributed by atoms with Gasteiger partial charge < -0.3 is 19.7 Å². The van der Waals surface area contributed by atoms with Gasteiger partial charge in [0.05, 0.1) is 6.10 Å². The van der Waals surface area contributed by atoms with E-state index in [9.17, 15) is 4.79 Å². The molecule has 0 radical (unpaired) electrons. The zero-order valence-corrected chi connectivity index (χ0v) is 17.3. The Morgan fingerprint density at radius 1 is 1.14 bits per heavy atom. The summed E-state index contributed by atoms with van der Waals surface area (Å²) in [7, 11) is 3.79. The van der Waals surface area contributed by atoms with Crippen LogP contribution in [0, 0.1) is 5.92 Å². The molecule has 0 unspecified atom stereocenters. The lowest BCUT2D eigenvalue weighted by Crippen LogP contribution is -2.51. The van der Waals surface area contributed by atoms with Crippen LogP contribution in [0.1, 0.15) is 56.9 Å². The third kappa shape index (κ3) is 4.06. The zero-order valence-electron chi connectivity index (χ0n) is 17.3. The lowest BCUT2D eigenvalue weighted by Gasteiger charge is -2.43. The molecule has 2 saturated carbocycles. The van der Waals surface area contributed by atoms with Crippen molar-refractivity contribution in [3.8, 4) is 5.75 Å². The molecule has 154 valence electrons. The van der Waals surface area contributed by atoms with Crippen molar-refractivity contribution in [1.82, 2.24) is 10.2 Å². The second kappa shape index (κ2) is 8.42. The number of hydrogen-bond acceptors (Lipinski definition) is 4. The van der Waals surface area contributed by atoms with E-state index in [1.54, 1.807) is 7.11 Å². The van der Waals surface area contributed by atoms with Crippen molar-refractivity contribution in [2.45, 2.75) is 75.7 Å². The smallest absolute Gasteiger partial charge is 0.225 e. The van der Waals surface area contributed by atoms with E-state index in [2.05, 4.69) is 23.5 Å². The minimum Gasteiger partial charge on any atom is -0.486 e. The number of amides is 1. The Kier molecular flexibility index (Phi) is 5.93. The Labute approximate surface area is 168 Å². The van der Waals surface area contributed by atoms with Gasteiger partial charge in [-0.1, -0.05) is 18.2 Å². The van der Waals surface area contributed by atoms with Crippen LogP contribution >= 0.6 is 0 Å². The van der Waals surface area contributed by atoms with E-state index in [4.69, 9.17) is 9.47 Å². The number of carbonyl (C=O) groups excluding carboxylic acids is 1. The lowest BCUT2D eigenvalue weighted by molar-refractivity contribution is -0.139. The van der Waals surface area contributed by atoms with Crippen LogP contribution in [-0.4, -0.2) is 49.3 Å². The molecule has 1 N–H and O–H groups in total. The number of methoxy groups -OCH3 is 1. The van der Waals surface area contributed by atoms with Crippen molar-refractivity contribution < 1.29 is 14.3 Å². The summed E-state index contributed by atoms with van der Waals surface area (Å²) < 4.78 is 12.0. The number of ether oxygens (including phenoxy) is 2. The second-order valence-electron chi connectivity index (χ2n) is 8.89. The van der Waals surface area contributed by atoms with Gasteiger partial charge >= 0.3 is 0 Å². The van der Waals surface area contributed by atoms with Crippen LogP contribution in [-0.2, 0) is 16.1 Å². The fourth-order valence-electron chi connectivity index (χ4n) is 5.25. The van der Waals surface area contributed by atoms with E-state index in [1.807, 2.05) is 18.0 Å². The maximum Gasteiger partial charge on any atom is 0.225 e. The van der Waals surface area contributed by atoms with Crippen molar-refractivity contribution in [3.05, 3.63) is 29.8 Å². The van der Waals surface area contributed by atoms with Crippen molar-refractivity contribution in [3.63, 3.8) is 0 Å². The van der Waals surface area contributed by atoms with Gasteiger partial charge in [0.15, 0.2) is 0 Å². The van der Waals surface area contributed by atoms with E-state index < -0.39 is 0 Å². The average Bonchev–Trinajstić information content (AvgIpc) is 2.92. The first-order chi connectivity index (χ1) is 13.6. The van der Waals surface area contributed by atoms with Crippen molar-refractivity contribution >= 4 is 5.91 Å². The van der Waals surface area contributed by atoms with Crippen LogP contribution in [0.15, 0.2) is 24.3 Å². The maximum absolute atomic E-state index is 13.0. The molecule has 0 atom stereocenters. The van der Waals surface area contributed by atoms with Crippen LogP contribution in [0.4, 0.5) is 0 Å². The third-order valence-electron chi connectivity index (χ3n) is 7.18. The van der Waals surface area contributed by atoms with Gasteiger partial charge in [-0.2, -0.15) is 0 Å². The summed E-state index contributed by atoms with van der Waals surface area (Å²) in [5, 5.41) is 3.57. The van der Waals surface area contributed by atoms with Crippen LogP contribution < -0.4 is 10.1 Å². The van der Waals surface area contributed by atoms with E-state index in [-0.39, 0.29) is 11.5 Å². The number of rotatable bonds is 3. The molecule has 0 aromatic heterocycles. The fraction of sp³-hybridized carbons (Fsp3) is 0.696. The maximum atomic E-state index is 13.0. The van der Waals surface area contributed by atoms with E-state index in [0.29, 0.717) is 18.1 Å². The minimum atomic E-state index is -0.135. The molecule has 28 heavy (non-hydrogen) atoms. The van der Waals surface area contributed by atoms with Gasteiger partial charge in [-0.05, 0) is 57.4 Å². The molecule has 5 nitrogen and oxygen atoms in total. The Morgan fingerprint density at radius 2 is 1.86 bits per heavy atom. The van der Waals surface area contributed by atoms with Crippen LogP contribution in [0.25, 0.3) is 0 Å². The number of hydrogen-bond donors (Lipinski definition) is 1. The molecule has 4 rings (SSSR count). The first kappa shape index (κ1) is 19.7. The van der Waals surface area contributed by atoms with E-state index in [1.165, 1.54) is 5.56 Å². The normalized spacial score (nSPS) is 32.9. The predicted molar refractivity (Wildman–Crippen MR) is 109 cm³/mol. The topological polar surface area (TPSA) is 50.8 Å². The molecule has 0 bridgehead atoms. The highest BCUT2D eigenvalue weighted by Crippen LogP contribution is 2.38. The van der Waals surface area contributed by atoms with Crippen LogP contribution in [0.3, 0.4) is 0 Å². The van der Waals surface area contributed by atoms with Crippen LogP contribution in [0.2, 0.25) is 0 Å². The molecule has 1 aromatic carbocycles. The number of carbonyl (C=O) groups is 1. The molecule has 1 amide bonds. The van der Waals surface area contributed by atoms with Crippen molar-refractivity contribution in [1.29, 1.82) is 0 Å². The van der Waals surface area contributed by atoms with Crippen molar-refractivity contribution in [2.24, 2.45) is 5.92 Å². The number of benzene rings is 1. The van der Waals surface area contributed by atoms with Gasteiger partial charge in [0.2, 0.25) is 5.91 Å². The number of para-hydroxylation sites is 1. The molecule has 5 heteroatoms. The summed E-state index contributed by atoms with van der Waals surface area (Å²) in [6.45, 7) is 1.75. The number of fused-ring (bicyclic) bond motifs is 1. The zero-order chi connectivity index (χ0) is 19.6. The SMILES string of the molecule is COC1CCC(C(=O)N(C)C2CCC3(CC2)CNCc2ccccc2O3)CC1. The molecular formula is C23H34N2O3. The standard InChI is InChI=1S/C23H34N2O3/c1-25(22(26)17-7-9-20(27-2)10-8-17)19-11-13-23(14-12-19)16-24-15-18-5-3-4-6-21(18)28-23/h3-6,17,19-20,24H,7-16H2,1-2H3. The first-order valence-electron chi connectivity index (χ1n) is 10.9. The lowest BCUT2D eigenvalue weighted by atomic mass is 9.80. The molecule has 1 spiro atoms. The summed E-state index contributed by atoms with van der Waals surface area (Å²) in [4.78, 5) is 15.1. The second-order valence-corrected chi connectivity index (χ2v) is 8.89. The fourth-order valence-corrected chi connectivity index (χ4v) is 5.25. The summed E-state index contributed by atoms with van der Waals surface area (Å²) in [6.07, 6.45) is 8.29. The summed E-state index contributed by atoms with van der Waals surface area (Å²) >= 11 is 0.